The molecular formula is C23H24ClN3O3. The van der Waals surface area contributed by atoms with Gasteiger partial charge in [0.25, 0.3) is 0 Å². The number of rotatable bonds is 7. The number of hydrogen-bond donors (Lipinski definition) is 0. The number of unbranched alkanes of at least 4 members (excludes halogenated alkanes) is 1. The lowest BCUT2D eigenvalue weighted by molar-refractivity contribution is -0.117. The van der Waals surface area contributed by atoms with E-state index in [4.69, 9.17) is 20.9 Å². The molecule has 2 heterocycles. The first kappa shape index (κ1) is 20.4. The molecule has 0 saturated carbocycles. The molecule has 7 heteroatoms. The molecule has 0 radical (unpaired) electrons. The number of anilines is 1. The van der Waals surface area contributed by atoms with E-state index in [-0.39, 0.29) is 11.8 Å². The van der Waals surface area contributed by atoms with E-state index in [0.29, 0.717) is 42.0 Å². The van der Waals surface area contributed by atoms with Crippen LogP contribution in [0.5, 0.6) is 5.75 Å². The summed E-state index contributed by atoms with van der Waals surface area (Å²) in [5, 5.41) is 4.67. The van der Waals surface area contributed by atoms with Gasteiger partial charge in [-0.05, 0) is 55.3 Å². The molecule has 0 N–H and O–H groups in total. The molecule has 0 bridgehead atoms. The Labute approximate surface area is 180 Å². The molecule has 3 aromatic rings. The van der Waals surface area contributed by atoms with Crippen LogP contribution in [0.2, 0.25) is 5.02 Å². The molecule has 1 aliphatic rings. The van der Waals surface area contributed by atoms with Gasteiger partial charge in [-0.25, -0.2) is 0 Å². The third-order valence-electron chi connectivity index (χ3n) is 5.19. The highest BCUT2D eigenvalue weighted by atomic mass is 35.5. The molecule has 1 aromatic heterocycles. The largest absolute Gasteiger partial charge is 0.494 e. The second kappa shape index (κ2) is 8.88. The van der Waals surface area contributed by atoms with Crippen LogP contribution in [0, 0.1) is 6.92 Å². The van der Waals surface area contributed by atoms with Crippen LogP contribution in [0.15, 0.2) is 47.0 Å². The third-order valence-corrected chi connectivity index (χ3v) is 5.49. The summed E-state index contributed by atoms with van der Waals surface area (Å²) >= 11 is 6.35. The maximum absolute atomic E-state index is 12.6. The maximum Gasteiger partial charge on any atom is 0.232 e. The molecular weight excluding hydrogens is 402 g/mol. The highest BCUT2D eigenvalue weighted by Gasteiger charge is 2.36. The van der Waals surface area contributed by atoms with E-state index in [0.717, 1.165) is 29.7 Å². The van der Waals surface area contributed by atoms with Crippen molar-refractivity contribution in [3.8, 4) is 17.1 Å². The number of hydrogen-bond acceptors (Lipinski definition) is 5. The summed E-state index contributed by atoms with van der Waals surface area (Å²) < 4.78 is 11.2. The molecule has 6 nitrogen and oxygen atoms in total. The highest BCUT2D eigenvalue weighted by Crippen LogP contribution is 2.35. The number of ether oxygens (including phenoxy) is 1. The molecule has 1 aliphatic heterocycles. The summed E-state index contributed by atoms with van der Waals surface area (Å²) in [4.78, 5) is 18.8. The van der Waals surface area contributed by atoms with Gasteiger partial charge in [0.15, 0.2) is 0 Å². The maximum atomic E-state index is 12.6. The van der Waals surface area contributed by atoms with Crippen LogP contribution in [0.4, 0.5) is 5.69 Å². The Morgan fingerprint density at radius 1 is 1.23 bits per heavy atom. The molecule has 1 unspecified atom stereocenters. The quantitative estimate of drug-likeness (QED) is 0.474. The molecule has 30 heavy (non-hydrogen) atoms. The number of aryl methyl sites for hydroxylation is 1. The zero-order valence-electron chi connectivity index (χ0n) is 17.1. The minimum atomic E-state index is -0.159. The first-order chi connectivity index (χ1) is 14.5. The highest BCUT2D eigenvalue weighted by molar-refractivity contribution is 6.34. The summed E-state index contributed by atoms with van der Waals surface area (Å²) in [6.07, 6.45) is 2.44. The number of carbonyl (C=O) groups is 1. The van der Waals surface area contributed by atoms with Crippen LogP contribution in [-0.2, 0) is 4.79 Å². The lowest BCUT2D eigenvalue weighted by Crippen LogP contribution is -2.24. The third kappa shape index (κ3) is 4.33. The van der Waals surface area contributed by atoms with Gasteiger partial charge in [-0.2, -0.15) is 4.98 Å². The summed E-state index contributed by atoms with van der Waals surface area (Å²) in [7, 11) is 0. The van der Waals surface area contributed by atoms with Crippen molar-refractivity contribution in [1.82, 2.24) is 10.1 Å². The van der Waals surface area contributed by atoms with Crippen LogP contribution in [0.3, 0.4) is 0 Å². The Hall–Kier alpha value is -2.86. The number of benzene rings is 2. The molecule has 156 valence electrons. The Bertz CT molecular complexity index is 1030. The van der Waals surface area contributed by atoms with Crippen LogP contribution in [0.1, 0.15) is 43.6 Å². The van der Waals surface area contributed by atoms with Crippen LogP contribution in [-0.4, -0.2) is 29.2 Å². The molecule has 4 rings (SSSR count). The first-order valence-electron chi connectivity index (χ1n) is 10.2. The molecule has 0 spiro atoms. The van der Waals surface area contributed by atoms with Crippen molar-refractivity contribution in [3.63, 3.8) is 0 Å². The minimum Gasteiger partial charge on any atom is -0.494 e. The van der Waals surface area contributed by atoms with E-state index >= 15 is 0 Å². The lowest BCUT2D eigenvalue weighted by atomic mass is 10.1. The summed E-state index contributed by atoms with van der Waals surface area (Å²) in [6.45, 7) is 5.27. The molecule has 1 atom stereocenters. The minimum absolute atomic E-state index is 0.000848. The first-order valence-corrected chi connectivity index (χ1v) is 10.6. The van der Waals surface area contributed by atoms with Gasteiger partial charge in [0, 0.05) is 18.5 Å². The monoisotopic (exact) mass is 425 g/mol. The standard InChI is InChI=1S/C23H24ClN3O3/c1-3-4-11-29-18-8-6-16(7-9-18)22-25-23(30-26-22)17-13-21(28)27(14-17)20-10-5-15(2)12-19(20)24/h5-10,12,17H,3-4,11,13-14H2,1-2H3. The summed E-state index contributed by atoms with van der Waals surface area (Å²) in [5.41, 5.74) is 2.61. The molecule has 1 saturated heterocycles. The second-order valence-electron chi connectivity index (χ2n) is 7.54. The van der Waals surface area contributed by atoms with Gasteiger partial charge in [-0.15, -0.1) is 0 Å². The number of aromatic nitrogens is 2. The van der Waals surface area contributed by atoms with Crippen LogP contribution >= 0.6 is 11.6 Å². The van der Waals surface area contributed by atoms with Gasteiger partial charge < -0.3 is 14.2 Å². The Morgan fingerprint density at radius 2 is 2.03 bits per heavy atom. The average molecular weight is 426 g/mol. The van der Waals surface area contributed by atoms with Gasteiger partial charge in [0.1, 0.15) is 5.75 Å². The van der Waals surface area contributed by atoms with Crippen molar-refractivity contribution < 1.29 is 14.1 Å². The summed E-state index contributed by atoms with van der Waals surface area (Å²) in [6, 6.07) is 13.3. The van der Waals surface area contributed by atoms with Crippen molar-refractivity contribution in [2.45, 2.75) is 39.0 Å². The van der Waals surface area contributed by atoms with E-state index in [1.807, 2.05) is 49.4 Å². The Kier molecular flexibility index (Phi) is 6.04. The number of halogens is 1. The van der Waals surface area contributed by atoms with Crippen LogP contribution < -0.4 is 9.64 Å². The predicted octanol–water partition coefficient (Wildman–Crippen LogP) is 5.40. The van der Waals surface area contributed by atoms with Crippen molar-refractivity contribution in [1.29, 1.82) is 0 Å². The fourth-order valence-electron chi connectivity index (χ4n) is 3.49. The van der Waals surface area contributed by atoms with Gasteiger partial charge in [-0.3, -0.25) is 4.79 Å². The van der Waals surface area contributed by atoms with Crippen molar-refractivity contribution >= 4 is 23.2 Å². The normalized spacial score (nSPS) is 16.3. The SMILES string of the molecule is CCCCOc1ccc(-c2noc(C3CC(=O)N(c4ccc(C)cc4Cl)C3)n2)cc1. The van der Waals surface area contributed by atoms with Crippen molar-refractivity contribution in [2.75, 3.05) is 18.1 Å². The van der Waals surface area contributed by atoms with E-state index in [1.165, 1.54) is 0 Å². The van der Waals surface area contributed by atoms with Crippen molar-refractivity contribution in [3.05, 3.63) is 58.9 Å². The second-order valence-corrected chi connectivity index (χ2v) is 7.95. The van der Waals surface area contributed by atoms with E-state index < -0.39 is 0 Å². The van der Waals surface area contributed by atoms with Crippen LogP contribution in [0.25, 0.3) is 11.4 Å². The fraction of sp³-hybridized carbons (Fsp3) is 0.348. The zero-order chi connectivity index (χ0) is 21.1. The van der Waals surface area contributed by atoms with Crippen molar-refractivity contribution in [2.24, 2.45) is 0 Å². The van der Waals surface area contributed by atoms with E-state index in [9.17, 15) is 4.79 Å². The van der Waals surface area contributed by atoms with E-state index in [1.54, 1.807) is 4.90 Å². The molecule has 1 fully saturated rings. The number of amides is 1. The summed E-state index contributed by atoms with van der Waals surface area (Å²) in [5.74, 6) is 1.63. The fourth-order valence-corrected chi connectivity index (χ4v) is 3.83. The van der Waals surface area contributed by atoms with Gasteiger partial charge >= 0.3 is 0 Å². The van der Waals surface area contributed by atoms with Gasteiger partial charge in [-0.1, -0.05) is 36.2 Å². The smallest absolute Gasteiger partial charge is 0.232 e. The molecule has 0 aliphatic carbocycles. The zero-order valence-corrected chi connectivity index (χ0v) is 17.9. The predicted molar refractivity (Wildman–Crippen MR) is 116 cm³/mol. The van der Waals surface area contributed by atoms with Gasteiger partial charge in [0.2, 0.25) is 17.6 Å². The van der Waals surface area contributed by atoms with E-state index in [2.05, 4.69) is 17.1 Å². The topological polar surface area (TPSA) is 68.5 Å². The Balaban J connectivity index is 1.46. The average Bonchev–Trinajstić information content (AvgIpc) is 3.36. The number of nitrogens with zero attached hydrogens (tertiary/aromatic N) is 3. The lowest BCUT2D eigenvalue weighted by Gasteiger charge is -2.18. The Morgan fingerprint density at radius 3 is 2.77 bits per heavy atom. The molecule has 1 amide bonds. The van der Waals surface area contributed by atoms with Gasteiger partial charge in [0.05, 0.1) is 23.2 Å². The molecule has 2 aromatic carbocycles. The number of carbonyl (C=O) groups excluding carboxylic acids is 1.